The number of methoxy groups -OCH3 is 1. The molecule has 7 nitrogen and oxygen atoms in total. The molecule has 0 saturated carbocycles. The molecular weight excluding hydrogens is 303 g/mol. The summed E-state index contributed by atoms with van der Waals surface area (Å²) in [5.41, 5.74) is -0.712. The van der Waals surface area contributed by atoms with Gasteiger partial charge >= 0.3 is 7.60 Å². The topological polar surface area (TPSA) is 93.8 Å². The highest BCUT2D eigenvalue weighted by Gasteiger charge is 2.29. The van der Waals surface area contributed by atoms with Crippen LogP contribution in [-0.4, -0.2) is 38.9 Å². The fourth-order valence-electron chi connectivity index (χ4n) is 1.14. The van der Waals surface area contributed by atoms with Crippen molar-refractivity contribution in [3.63, 3.8) is 0 Å². The molecule has 0 saturated heterocycles. The Morgan fingerprint density at radius 1 is 1.61 bits per heavy atom. The van der Waals surface area contributed by atoms with E-state index >= 15 is 0 Å². The van der Waals surface area contributed by atoms with Gasteiger partial charge in [-0.25, -0.2) is 0 Å². The Kier molecular flexibility index (Phi) is 5.67. The minimum absolute atomic E-state index is 0.0521. The van der Waals surface area contributed by atoms with Gasteiger partial charge in [-0.2, -0.15) is 5.10 Å². The molecule has 1 rings (SSSR count). The van der Waals surface area contributed by atoms with Gasteiger partial charge in [-0.15, -0.1) is 0 Å². The van der Waals surface area contributed by atoms with Gasteiger partial charge in [0.2, 0.25) is 0 Å². The maximum absolute atomic E-state index is 11.2. The van der Waals surface area contributed by atoms with Crippen LogP contribution in [0.1, 0.15) is 6.92 Å². The van der Waals surface area contributed by atoms with Crippen LogP contribution in [0.25, 0.3) is 0 Å². The summed E-state index contributed by atoms with van der Waals surface area (Å²) >= 11 is 7.11. The average molecular weight is 317 g/mol. The van der Waals surface area contributed by atoms with Gasteiger partial charge in [0, 0.05) is 14.2 Å². The summed E-state index contributed by atoms with van der Waals surface area (Å²) in [5.74, 6) is 0. The van der Waals surface area contributed by atoms with Crippen LogP contribution in [0.3, 0.4) is 0 Å². The second-order valence-electron chi connectivity index (χ2n) is 3.37. The van der Waals surface area contributed by atoms with E-state index in [1.54, 1.807) is 14.0 Å². The highest BCUT2D eigenvalue weighted by Crippen LogP contribution is 2.39. The smallest absolute Gasteiger partial charge is 0.359 e. The van der Waals surface area contributed by atoms with E-state index in [-0.39, 0.29) is 17.3 Å². The van der Waals surface area contributed by atoms with Crippen molar-refractivity contribution in [2.75, 3.05) is 13.9 Å². The monoisotopic (exact) mass is 316 g/mol. The molecule has 1 atom stereocenters. The fourth-order valence-corrected chi connectivity index (χ4v) is 3.28. The molecule has 0 aliphatic heterocycles. The standard InChI is InChI=1S/C8H14ClN2O5PS/c1-5(16-4-15-3)18-8-6(9)7(10-11(8)2)17(12,13)14/h5H,4H2,1-3H3,(H2,12,13,14). The van der Waals surface area contributed by atoms with Crippen LogP contribution >= 0.6 is 31.0 Å². The summed E-state index contributed by atoms with van der Waals surface area (Å²) in [5, 5.41) is 4.11. The molecule has 0 spiro atoms. The number of rotatable bonds is 6. The molecule has 0 amide bonds. The summed E-state index contributed by atoms with van der Waals surface area (Å²) in [6.45, 7) is 1.89. The number of hydrogen-bond donors (Lipinski definition) is 2. The Balaban J connectivity index is 2.90. The van der Waals surface area contributed by atoms with E-state index < -0.39 is 13.0 Å². The van der Waals surface area contributed by atoms with Crippen molar-refractivity contribution >= 4 is 36.4 Å². The first kappa shape index (κ1) is 16.0. The lowest BCUT2D eigenvalue weighted by molar-refractivity contribution is -0.0366. The molecule has 2 N–H and O–H groups in total. The normalized spacial score (nSPS) is 13.9. The SMILES string of the molecule is COCOC(C)Sc1c(Cl)c(P(=O)(O)O)nn1C. The maximum Gasteiger partial charge on any atom is 0.377 e. The zero-order valence-electron chi connectivity index (χ0n) is 10.0. The van der Waals surface area contributed by atoms with E-state index in [2.05, 4.69) is 5.10 Å². The van der Waals surface area contributed by atoms with Crippen molar-refractivity contribution in [2.45, 2.75) is 17.4 Å². The number of ether oxygens (including phenoxy) is 2. The van der Waals surface area contributed by atoms with Gasteiger partial charge < -0.3 is 19.3 Å². The van der Waals surface area contributed by atoms with Crippen molar-refractivity contribution < 1.29 is 23.8 Å². The molecule has 0 radical (unpaired) electrons. The van der Waals surface area contributed by atoms with E-state index in [0.29, 0.717) is 5.03 Å². The quantitative estimate of drug-likeness (QED) is 0.458. The Morgan fingerprint density at radius 3 is 2.67 bits per heavy atom. The number of hydrogen-bond acceptors (Lipinski definition) is 5. The average Bonchev–Trinajstić information content (AvgIpc) is 2.53. The molecule has 0 aliphatic rings. The van der Waals surface area contributed by atoms with E-state index in [9.17, 15) is 4.57 Å². The molecular formula is C8H14ClN2O5PS. The lowest BCUT2D eigenvalue weighted by Crippen LogP contribution is -2.08. The second kappa shape index (κ2) is 6.38. The number of aromatic nitrogens is 2. The van der Waals surface area contributed by atoms with Crippen LogP contribution in [0.5, 0.6) is 0 Å². The third kappa shape index (κ3) is 3.96. The van der Waals surface area contributed by atoms with Gasteiger partial charge in [0.25, 0.3) is 0 Å². The van der Waals surface area contributed by atoms with Gasteiger partial charge in [0.15, 0.2) is 5.44 Å². The van der Waals surface area contributed by atoms with Gasteiger partial charge in [0.1, 0.15) is 22.3 Å². The van der Waals surface area contributed by atoms with Crippen LogP contribution in [0.2, 0.25) is 5.02 Å². The zero-order chi connectivity index (χ0) is 13.9. The van der Waals surface area contributed by atoms with Gasteiger partial charge in [-0.3, -0.25) is 9.25 Å². The van der Waals surface area contributed by atoms with E-state index in [0.717, 1.165) is 0 Å². The molecule has 10 heteroatoms. The van der Waals surface area contributed by atoms with Crippen molar-refractivity contribution in [1.82, 2.24) is 9.78 Å². The lowest BCUT2D eigenvalue weighted by Gasteiger charge is -2.11. The summed E-state index contributed by atoms with van der Waals surface area (Å²) in [7, 11) is -1.42. The van der Waals surface area contributed by atoms with E-state index in [4.69, 9.17) is 30.9 Å². The van der Waals surface area contributed by atoms with Gasteiger partial charge in [-0.05, 0) is 6.92 Å². The molecule has 18 heavy (non-hydrogen) atoms. The highest BCUT2D eigenvalue weighted by atomic mass is 35.5. The molecule has 1 aromatic rings. The Bertz CT molecular complexity index is 463. The fraction of sp³-hybridized carbons (Fsp3) is 0.625. The summed E-state index contributed by atoms with van der Waals surface area (Å²) in [6, 6.07) is 0. The van der Waals surface area contributed by atoms with Gasteiger partial charge in [-0.1, -0.05) is 23.4 Å². The van der Waals surface area contributed by atoms with Crippen LogP contribution in [0, 0.1) is 0 Å². The molecule has 0 aliphatic carbocycles. The summed E-state index contributed by atoms with van der Waals surface area (Å²) < 4.78 is 22.5. The first-order chi connectivity index (χ1) is 8.27. The highest BCUT2D eigenvalue weighted by molar-refractivity contribution is 7.99. The molecule has 1 heterocycles. The van der Waals surface area contributed by atoms with Crippen LogP contribution < -0.4 is 5.44 Å². The number of thioether (sulfide) groups is 1. The Labute approximate surface area is 114 Å². The molecule has 0 bridgehead atoms. The lowest BCUT2D eigenvalue weighted by atomic mass is 10.7. The van der Waals surface area contributed by atoms with E-state index in [1.807, 2.05) is 0 Å². The second-order valence-corrected chi connectivity index (χ2v) is 6.54. The summed E-state index contributed by atoms with van der Waals surface area (Å²) in [4.78, 5) is 18.1. The van der Waals surface area contributed by atoms with Crippen molar-refractivity contribution in [3.05, 3.63) is 5.02 Å². The van der Waals surface area contributed by atoms with Crippen LogP contribution in [-0.2, 0) is 21.1 Å². The first-order valence-corrected chi connectivity index (χ1v) is 7.70. The number of aryl methyl sites for hydroxylation is 1. The van der Waals surface area contributed by atoms with E-state index in [1.165, 1.54) is 23.6 Å². The maximum atomic E-state index is 11.2. The largest absolute Gasteiger partial charge is 0.377 e. The Morgan fingerprint density at radius 2 is 2.22 bits per heavy atom. The van der Waals surface area contributed by atoms with Crippen LogP contribution in [0.4, 0.5) is 0 Å². The number of halogens is 1. The van der Waals surface area contributed by atoms with Crippen molar-refractivity contribution in [3.8, 4) is 0 Å². The third-order valence-electron chi connectivity index (χ3n) is 1.90. The predicted molar refractivity (Wildman–Crippen MR) is 68.2 cm³/mol. The molecule has 1 aromatic heterocycles. The molecule has 0 fully saturated rings. The molecule has 1 unspecified atom stereocenters. The zero-order valence-corrected chi connectivity index (χ0v) is 12.5. The molecule has 0 aromatic carbocycles. The minimum atomic E-state index is -4.47. The predicted octanol–water partition coefficient (Wildman–Crippen LogP) is 0.935. The minimum Gasteiger partial charge on any atom is -0.359 e. The number of nitrogens with zero attached hydrogens (tertiary/aromatic N) is 2. The Hall–Kier alpha value is -0.0800. The first-order valence-electron chi connectivity index (χ1n) is 4.83. The summed E-state index contributed by atoms with van der Waals surface area (Å²) in [6.07, 6.45) is 0. The van der Waals surface area contributed by atoms with Gasteiger partial charge in [0.05, 0.1) is 0 Å². The van der Waals surface area contributed by atoms with Crippen molar-refractivity contribution in [2.24, 2.45) is 7.05 Å². The third-order valence-corrected chi connectivity index (χ3v) is 4.52. The van der Waals surface area contributed by atoms with Crippen LogP contribution in [0.15, 0.2) is 5.03 Å². The van der Waals surface area contributed by atoms with Crippen molar-refractivity contribution in [1.29, 1.82) is 0 Å². The molecule has 104 valence electrons.